The van der Waals surface area contributed by atoms with Crippen LogP contribution in [0.15, 0.2) is 22.9 Å². The van der Waals surface area contributed by atoms with Crippen LogP contribution in [0, 0.1) is 0 Å². The number of phenols is 1. The Kier molecular flexibility index (Phi) is 3.83. The Labute approximate surface area is 91.1 Å². The van der Waals surface area contributed by atoms with Gasteiger partial charge >= 0.3 is 0 Å². The number of benzene rings is 1. The van der Waals surface area contributed by atoms with Crippen molar-refractivity contribution >= 4 is 22.0 Å². The molecule has 0 fully saturated rings. The molecule has 76 valence electrons. The summed E-state index contributed by atoms with van der Waals surface area (Å²) < 4.78 is 10.3. The van der Waals surface area contributed by atoms with Gasteiger partial charge in [0.25, 0.3) is 0 Å². The second-order valence-electron chi connectivity index (χ2n) is 2.56. The molecule has 0 heterocycles. The van der Waals surface area contributed by atoms with Crippen molar-refractivity contribution in [1.29, 1.82) is 0 Å². The van der Waals surface area contributed by atoms with Gasteiger partial charge in [0.2, 0.25) is 0 Å². The molecule has 1 aromatic carbocycles. The van der Waals surface area contributed by atoms with Gasteiger partial charge in [0, 0.05) is 0 Å². The summed E-state index contributed by atoms with van der Waals surface area (Å²) in [4.78, 5) is 0. The molecule has 0 radical (unpaired) electrons. The molecule has 14 heavy (non-hydrogen) atoms. The summed E-state index contributed by atoms with van der Waals surface area (Å²) in [6, 6.07) is 3.51. The summed E-state index contributed by atoms with van der Waals surface area (Å²) in [5.41, 5.74) is 0.824. The highest BCUT2D eigenvalue weighted by Crippen LogP contribution is 2.36. The molecule has 0 bridgehead atoms. The fraction of sp³-hybridized carbons (Fsp3) is 0.200. The van der Waals surface area contributed by atoms with Crippen molar-refractivity contribution in [3.63, 3.8) is 0 Å². The van der Waals surface area contributed by atoms with Crippen LogP contribution in [0.3, 0.4) is 0 Å². The predicted molar refractivity (Wildman–Crippen MR) is 58.4 cm³/mol. The van der Waals surface area contributed by atoms with E-state index in [0.29, 0.717) is 10.2 Å². The van der Waals surface area contributed by atoms with E-state index >= 15 is 0 Å². The molecule has 1 aromatic rings. The minimum atomic E-state index is 0.0887. The number of rotatable bonds is 3. The van der Waals surface area contributed by atoms with E-state index in [9.17, 15) is 5.11 Å². The monoisotopic (exact) mass is 258 g/mol. The lowest BCUT2D eigenvalue weighted by molar-refractivity contribution is 0.341. The van der Waals surface area contributed by atoms with E-state index in [0.717, 1.165) is 5.56 Å². The maximum Gasteiger partial charge on any atom is 0.172 e. The predicted octanol–water partition coefficient (Wildman–Crippen LogP) is 2.78. The molecule has 0 unspecified atom stereocenters. The van der Waals surface area contributed by atoms with Crippen LogP contribution < -0.4 is 4.74 Å². The van der Waals surface area contributed by atoms with Gasteiger partial charge in [0.15, 0.2) is 11.5 Å². The number of methoxy groups -OCH3 is 2. The SMILES string of the molecule is CO/C=C\c1ccc(OC)c(O)c1Br. The topological polar surface area (TPSA) is 38.7 Å². The molecule has 4 heteroatoms. The standard InChI is InChI=1S/C10H11BrO3/c1-13-6-5-7-3-4-8(14-2)10(12)9(7)11/h3-6,12H,1-2H3/b6-5-. The number of halogens is 1. The van der Waals surface area contributed by atoms with Crippen molar-refractivity contribution in [2.45, 2.75) is 0 Å². The molecule has 0 saturated carbocycles. The van der Waals surface area contributed by atoms with Gasteiger partial charge in [0.1, 0.15) is 0 Å². The molecule has 3 nitrogen and oxygen atoms in total. The molecule has 1 N–H and O–H groups in total. The number of phenolic OH excluding ortho intramolecular Hbond substituents is 1. The third kappa shape index (κ3) is 2.20. The van der Waals surface area contributed by atoms with Gasteiger partial charge in [-0.05, 0) is 39.7 Å². The Balaban J connectivity index is 3.10. The second kappa shape index (κ2) is 4.91. The van der Waals surface area contributed by atoms with E-state index in [-0.39, 0.29) is 5.75 Å². The average molecular weight is 259 g/mol. The van der Waals surface area contributed by atoms with Crippen molar-refractivity contribution in [1.82, 2.24) is 0 Å². The summed E-state index contributed by atoms with van der Waals surface area (Å²) >= 11 is 3.27. The Morgan fingerprint density at radius 2 is 2.07 bits per heavy atom. The van der Waals surface area contributed by atoms with Crippen LogP contribution in [0.25, 0.3) is 6.08 Å². The quantitative estimate of drug-likeness (QED) is 0.848. The lowest BCUT2D eigenvalue weighted by atomic mass is 10.2. The summed E-state index contributed by atoms with van der Waals surface area (Å²) in [5, 5.41) is 9.63. The van der Waals surface area contributed by atoms with Crippen LogP contribution in [0.4, 0.5) is 0 Å². The first-order chi connectivity index (χ1) is 6.70. The van der Waals surface area contributed by atoms with Crippen molar-refractivity contribution in [3.05, 3.63) is 28.4 Å². The Hall–Kier alpha value is -1.16. The number of aromatic hydroxyl groups is 1. The Morgan fingerprint density at radius 3 is 2.64 bits per heavy atom. The fourth-order valence-corrected chi connectivity index (χ4v) is 1.46. The van der Waals surface area contributed by atoms with E-state index in [1.54, 1.807) is 19.3 Å². The van der Waals surface area contributed by atoms with Gasteiger partial charge in [-0.15, -0.1) is 0 Å². The van der Waals surface area contributed by atoms with Crippen molar-refractivity contribution in [2.75, 3.05) is 14.2 Å². The van der Waals surface area contributed by atoms with Crippen molar-refractivity contribution in [3.8, 4) is 11.5 Å². The third-order valence-electron chi connectivity index (χ3n) is 1.71. The Bertz CT molecular complexity index is 347. The van der Waals surface area contributed by atoms with Crippen LogP contribution in [-0.2, 0) is 4.74 Å². The Morgan fingerprint density at radius 1 is 1.36 bits per heavy atom. The molecule has 0 aliphatic heterocycles. The zero-order chi connectivity index (χ0) is 10.6. The molecule has 0 aromatic heterocycles. The van der Waals surface area contributed by atoms with E-state index in [4.69, 9.17) is 9.47 Å². The van der Waals surface area contributed by atoms with E-state index < -0.39 is 0 Å². The van der Waals surface area contributed by atoms with Gasteiger partial charge in [-0.2, -0.15) is 0 Å². The normalized spacial score (nSPS) is 10.5. The molecular weight excluding hydrogens is 248 g/mol. The smallest absolute Gasteiger partial charge is 0.172 e. The first kappa shape index (κ1) is 10.9. The van der Waals surface area contributed by atoms with Gasteiger partial charge < -0.3 is 14.6 Å². The maximum atomic E-state index is 9.63. The first-order valence-electron chi connectivity index (χ1n) is 3.95. The molecule has 1 rings (SSSR count). The zero-order valence-electron chi connectivity index (χ0n) is 7.95. The number of ether oxygens (including phenoxy) is 2. The van der Waals surface area contributed by atoms with E-state index in [1.165, 1.54) is 13.4 Å². The van der Waals surface area contributed by atoms with Gasteiger partial charge in [-0.3, -0.25) is 0 Å². The van der Waals surface area contributed by atoms with Crippen LogP contribution in [0.5, 0.6) is 11.5 Å². The number of hydrogen-bond donors (Lipinski definition) is 1. The molecule has 0 aliphatic rings. The number of hydrogen-bond acceptors (Lipinski definition) is 3. The van der Waals surface area contributed by atoms with E-state index in [1.807, 2.05) is 6.07 Å². The highest BCUT2D eigenvalue weighted by Gasteiger charge is 2.08. The van der Waals surface area contributed by atoms with Gasteiger partial charge in [0.05, 0.1) is 25.0 Å². The van der Waals surface area contributed by atoms with Crippen molar-refractivity contribution in [2.24, 2.45) is 0 Å². The molecule has 0 amide bonds. The highest BCUT2D eigenvalue weighted by atomic mass is 79.9. The lowest BCUT2D eigenvalue weighted by Crippen LogP contribution is -1.86. The highest BCUT2D eigenvalue weighted by molar-refractivity contribution is 9.10. The summed E-state index contributed by atoms with van der Waals surface area (Å²) in [6.07, 6.45) is 3.27. The van der Waals surface area contributed by atoms with Gasteiger partial charge in [-0.1, -0.05) is 0 Å². The maximum absolute atomic E-state index is 9.63. The average Bonchev–Trinajstić information content (AvgIpc) is 2.20. The molecule has 0 aliphatic carbocycles. The van der Waals surface area contributed by atoms with Crippen LogP contribution in [0.1, 0.15) is 5.56 Å². The minimum Gasteiger partial charge on any atom is -0.504 e. The molecule has 0 saturated heterocycles. The summed E-state index contributed by atoms with van der Waals surface area (Å²) in [6.45, 7) is 0. The fourth-order valence-electron chi connectivity index (χ4n) is 0.997. The lowest BCUT2D eigenvalue weighted by Gasteiger charge is -2.06. The van der Waals surface area contributed by atoms with Gasteiger partial charge in [-0.25, -0.2) is 0 Å². The molecular formula is C10H11BrO3. The van der Waals surface area contributed by atoms with Crippen LogP contribution in [0.2, 0.25) is 0 Å². The second-order valence-corrected chi connectivity index (χ2v) is 3.35. The zero-order valence-corrected chi connectivity index (χ0v) is 9.54. The minimum absolute atomic E-state index is 0.0887. The molecule has 0 spiro atoms. The largest absolute Gasteiger partial charge is 0.504 e. The third-order valence-corrected chi connectivity index (χ3v) is 2.55. The first-order valence-corrected chi connectivity index (χ1v) is 4.74. The molecule has 0 atom stereocenters. The summed E-state index contributed by atoms with van der Waals surface area (Å²) in [7, 11) is 3.07. The van der Waals surface area contributed by atoms with Crippen LogP contribution in [-0.4, -0.2) is 19.3 Å². The van der Waals surface area contributed by atoms with Crippen molar-refractivity contribution < 1.29 is 14.6 Å². The van der Waals surface area contributed by atoms with E-state index in [2.05, 4.69) is 15.9 Å². The summed E-state index contributed by atoms with van der Waals surface area (Å²) in [5.74, 6) is 0.525. The van der Waals surface area contributed by atoms with Crippen LogP contribution >= 0.6 is 15.9 Å².